The zero-order chi connectivity index (χ0) is 23.5. The van der Waals surface area contributed by atoms with Crippen LogP contribution in [0.15, 0.2) is 77.9 Å². The maximum atomic E-state index is 12.1. The number of nitrogens with one attached hydrogen (secondary N) is 2. The average Bonchev–Trinajstić information content (AvgIpc) is 2.83. The van der Waals surface area contributed by atoms with Crippen molar-refractivity contribution in [1.82, 2.24) is 10.7 Å². The molecule has 0 spiro atoms. The molecule has 0 radical (unpaired) electrons. The zero-order valence-corrected chi connectivity index (χ0v) is 18.7. The lowest BCUT2D eigenvalue weighted by Crippen LogP contribution is -2.29. The van der Waals surface area contributed by atoms with Crippen LogP contribution in [0.3, 0.4) is 0 Å². The number of nitrogens with zero attached hydrogens (tertiary/aromatic N) is 1. The monoisotopic (exact) mass is 445 g/mol. The van der Waals surface area contributed by atoms with Crippen molar-refractivity contribution in [2.45, 2.75) is 20.0 Å². The number of ether oxygens (including phenoxy) is 2. The van der Waals surface area contributed by atoms with Crippen LogP contribution in [0.25, 0.3) is 0 Å². The van der Waals surface area contributed by atoms with E-state index in [2.05, 4.69) is 34.9 Å². The van der Waals surface area contributed by atoms with E-state index in [1.807, 2.05) is 36.4 Å². The van der Waals surface area contributed by atoms with E-state index in [0.717, 1.165) is 16.9 Å². The fraction of sp³-hybridized carbons (Fsp3) is 0.192. The van der Waals surface area contributed by atoms with Crippen molar-refractivity contribution in [2.75, 3.05) is 13.7 Å². The molecule has 0 fully saturated rings. The lowest BCUT2D eigenvalue weighted by molar-refractivity contribution is -0.120. The molecular formula is C26H27N3O4. The summed E-state index contributed by atoms with van der Waals surface area (Å²) >= 11 is 0. The van der Waals surface area contributed by atoms with Crippen molar-refractivity contribution >= 4 is 18.0 Å². The number of hydrogen-bond acceptors (Lipinski definition) is 5. The van der Waals surface area contributed by atoms with Crippen molar-refractivity contribution < 1.29 is 19.1 Å². The second kappa shape index (κ2) is 12.0. The molecule has 0 heterocycles. The normalized spacial score (nSPS) is 10.6. The molecule has 3 aromatic rings. The highest BCUT2D eigenvalue weighted by atomic mass is 16.5. The first-order valence-corrected chi connectivity index (χ1v) is 10.6. The van der Waals surface area contributed by atoms with Gasteiger partial charge in [0.25, 0.3) is 5.91 Å². The second-order valence-electron chi connectivity index (χ2n) is 7.37. The van der Waals surface area contributed by atoms with Crippen LogP contribution in [-0.4, -0.2) is 31.7 Å². The standard InChI is InChI=1S/C26H27N3O4/c1-19-4-3-5-21(16-19)18-33-24-10-6-20(7-11-24)17-28-29-25(30)14-15-27-26(31)22-8-12-23(32-2)13-9-22/h3-13,16-17H,14-15,18H2,1-2H3,(H,27,31)(H,29,30). The summed E-state index contributed by atoms with van der Waals surface area (Å²) in [5, 5.41) is 6.66. The molecule has 0 aliphatic carbocycles. The molecule has 0 aromatic heterocycles. The molecule has 0 aliphatic heterocycles. The number of carbonyl (C=O) groups excluding carboxylic acids is 2. The summed E-state index contributed by atoms with van der Waals surface area (Å²) in [5.41, 5.74) is 6.10. The lowest BCUT2D eigenvalue weighted by Gasteiger charge is -2.07. The Labute approximate surface area is 193 Å². The molecule has 3 rings (SSSR count). The second-order valence-corrected chi connectivity index (χ2v) is 7.37. The quantitative estimate of drug-likeness (QED) is 0.366. The lowest BCUT2D eigenvalue weighted by atomic mass is 10.1. The van der Waals surface area contributed by atoms with E-state index in [0.29, 0.717) is 17.9 Å². The van der Waals surface area contributed by atoms with E-state index in [4.69, 9.17) is 9.47 Å². The van der Waals surface area contributed by atoms with Crippen LogP contribution in [0.1, 0.15) is 33.5 Å². The maximum Gasteiger partial charge on any atom is 0.251 e. The highest BCUT2D eigenvalue weighted by Gasteiger charge is 2.06. The van der Waals surface area contributed by atoms with Crippen LogP contribution in [0, 0.1) is 6.92 Å². The van der Waals surface area contributed by atoms with Gasteiger partial charge in [0.1, 0.15) is 18.1 Å². The van der Waals surface area contributed by atoms with E-state index < -0.39 is 0 Å². The number of hydrazone groups is 1. The largest absolute Gasteiger partial charge is 0.497 e. The van der Waals surface area contributed by atoms with Crippen LogP contribution in [0.5, 0.6) is 11.5 Å². The molecule has 0 aliphatic rings. The molecule has 2 N–H and O–H groups in total. The number of amides is 2. The minimum absolute atomic E-state index is 0.116. The Hall–Kier alpha value is -4.13. The predicted molar refractivity (Wildman–Crippen MR) is 128 cm³/mol. The molecule has 2 amide bonds. The Morgan fingerprint density at radius 2 is 1.70 bits per heavy atom. The molecule has 7 heteroatoms. The Morgan fingerprint density at radius 3 is 2.39 bits per heavy atom. The van der Waals surface area contributed by atoms with Gasteiger partial charge in [0.05, 0.1) is 13.3 Å². The third-order valence-corrected chi connectivity index (χ3v) is 4.76. The molecule has 170 valence electrons. The summed E-state index contributed by atoms with van der Waals surface area (Å²) in [4.78, 5) is 24.0. The van der Waals surface area contributed by atoms with Crippen molar-refractivity contribution in [3.05, 3.63) is 95.1 Å². The first kappa shape index (κ1) is 23.5. The Balaban J connectivity index is 1.36. The van der Waals surface area contributed by atoms with Crippen LogP contribution in [-0.2, 0) is 11.4 Å². The first-order chi connectivity index (χ1) is 16.0. The number of hydrogen-bond donors (Lipinski definition) is 2. The van der Waals surface area contributed by atoms with Crippen molar-refractivity contribution in [1.29, 1.82) is 0 Å². The van der Waals surface area contributed by atoms with Crippen LogP contribution in [0.4, 0.5) is 0 Å². The smallest absolute Gasteiger partial charge is 0.251 e. The van der Waals surface area contributed by atoms with E-state index in [1.165, 1.54) is 5.56 Å². The topological polar surface area (TPSA) is 89.0 Å². The predicted octanol–water partition coefficient (Wildman–Crippen LogP) is 3.85. The molecule has 0 saturated heterocycles. The maximum absolute atomic E-state index is 12.1. The zero-order valence-electron chi connectivity index (χ0n) is 18.7. The molecule has 0 saturated carbocycles. The van der Waals surface area contributed by atoms with Gasteiger partial charge in [-0.2, -0.15) is 5.10 Å². The summed E-state index contributed by atoms with van der Waals surface area (Å²) in [5.74, 6) is 0.886. The summed E-state index contributed by atoms with van der Waals surface area (Å²) in [6.45, 7) is 2.76. The highest BCUT2D eigenvalue weighted by Crippen LogP contribution is 2.14. The van der Waals surface area contributed by atoms with Gasteiger partial charge in [-0.05, 0) is 66.6 Å². The van der Waals surface area contributed by atoms with Gasteiger partial charge in [0, 0.05) is 18.5 Å². The molecule has 0 unspecified atom stereocenters. The third-order valence-electron chi connectivity index (χ3n) is 4.76. The minimum atomic E-state index is -0.292. The van der Waals surface area contributed by atoms with Crippen LogP contribution < -0.4 is 20.2 Å². The molecule has 3 aromatic carbocycles. The van der Waals surface area contributed by atoms with Crippen molar-refractivity contribution in [2.24, 2.45) is 5.10 Å². The number of aryl methyl sites for hydroxylation is 1. The summed E-state index contributed by atoms with van der Waals surface area (Å²) < 4.78 is 10.9. The van der Waals surface area contributed by atoms with Gasteiger partial charge < -0.3 is 14.8 Å². The highest BCUT2D eigenvalue weighted by molar-refractivity contribution is 5.94. The summed E-state index contributed by atoms with van der Waals surface area (Å²) in [6, 6.07) is 22.3. The number of benzene rings is 3. The van der Waals surface area contributed by atoms with E-state index in [-0.39, 0.29) is 24.8 Å². The number of rotatable bonds is 10. The molecular weight excluding hydrogens is 418 g/mol. The van der Waals surface area contributed by atoms with Crippen molar-refractivity contribution in [3.63, 3.8) is 0 Å². The third kappa shape index (κ3) is 7.81. The number of carbonyl (C=O) groups is 2. The molecule has 0 atom stereocenters. The summed E-state index contributed by atoms with van der Waals surface area (Å²) in [6.07, 6.45) is 1.67. The Morgan fingerprint density at radius 1 is 0.970 bits per heavy atom. The van der Waals surface area contributed by atoms with Crippen LogP contribution in [0.2, 0.25) is 0 Å². The molecule has 33 heavy (non-hydrogen) atoms. The summed E-state index contributed by atoms with van der Waals surface area (Å²) in [7, 11) is 1.56. The van der Waals surface area contributed by atoms with Gasteiger partial charge in [0.2, 0.25) is 5.91 Å². The Bertz CT molecular complexity index is 1090. The molecule has 7 nitrogen and oxygen atoms in total. The van der Waals surface area contributed by atoms with E-state index in [9.17, 15) is 9.59 Å². The SMILES string of the molecule is COc1ccc(C(=O)NCCC(=O)NN=Cc2ccc(OCc3cccc(C)c3)cc2)cc1. The van der Waals surface area contributed by atoms with Crippen LogP contribution >= 0.6 is 0 Å². The van der Waals surface area contributed by atoms with Gasteiger partial charge >= 0.3 is 0 Å². The number of methoxy groups -OCH3 is 1. The van der Waals surface area contributed by atoms with Crippen molar-refractivity contribution in [3.8, 4) is 11.5 Å². The van der Waals surface area contributed by atoms with E-state index in [1.54, 1.807) is 37.6 Å². The minimum Gasteiger partial charge on any atom is -0.497 e. The van der Waals surface area contributed by atoms with Gasteiger partial charge in [-0.15, -0.1) is 0 Å². The molecule has 0 bridgehead atoms. The van der Waals surface area contributed by atoms with Gasteiger partial charge in [-0.25, -0.2) is 5.43 Å². The van der Waals surface area contributed by atoms with E-state index >= 15 is 0 Å². The van der Waals surface area contributed by atoms with Gasteiger partial charge in [-0.1, -0.05) is 29.8 Å². The van der Waals surface area contributed by atoms with Gasteiger partial charge in [-0.3, -0.25) is 9.59 Å². The average molecular weight is 446 g/mol. The first-order valence-electron chi connectivity index (χ1n) is 10.6. The van der Waals surface area contributed by atoms with Gasteiger partial charge in [0.15, 0.2) is 0 Å². The fourth-order valence-electron chi connectivity index (χ4n) is 2.99. The fourth-order valence-corrected chi connectivity index (χ4v) is 2.99. The Kier molecular flexibility index (Phi) is 8.59.